The maximum atomic E-state index is 6.35. The van der Waals surface area contributed by atoms with Crippen molar-refractivity contribution in [1.82, 2.24) is 0 Å². The van der Waals surface area contributed by atoms with E-state index in [1.807, 2.05) is 66.7 Å². The molecule has 0 aliphatic carbocycles. The minimum atomic E-state index is -2.35. The minimum absolute atomic E-state index is 0.850. The molecule has 0 amide bonds. The summed E-state index contributed by atoms with van der Waals surface area (Å²) in [6.45, 7) is 0. The van der Waals surface area contributed by atoms with Crippen LogP contribution >= 0.6 is 5.96 Å². The molecule has 0 unspecified atom stereocenters. The molecule has 2 nitrogen and oxygen atoms in total. The van der Waals surface area contributed by atoms with Gasteiger partial charge in [0.05, 0.1) is 0 Å². The Hall–Kier alpha value is -1.79. The summed E-state index contributed by atoms with van der Waals surface area (Å²) in [5.74, 6) is -0.648. The summed E-state index contributed by atoms with van der Waals surface area (Å²) in [7, 11) is 0. The first-order valence-electron chi connectivity index (χ1n) is 6.99. The normalized spacial score (nSPS) is 14.7. The van der Waals surface area contributed by atoms with Crippen LogP contribution in [0.1, 0.15) is 0 Å². The zero-order valence-corrected chi connectivity index (χ0v) is 14.3. The molecule has 1 aliphatic rings. The first-order valence-corrected chi connectivity index (χ1v) is 10.8. The van der Waals surface area contributed by atoms with E-state index in [-0.39, 0.29) is 0 Å². The number of para-hydroxylation sites is 2. The molecule has 0 atom stereocenters. The number of hydrogen-bond donors (Lipinski definition) is 0. The Morgan fingerprint density at radius 3 is 1.59 bits per heavy atom. The van der Waals surface area contributed by atoms with E-state index in [1.54, 1.807) is 0 Å². The average Bonchev–Trinajstić information content (AvgIpc) is 2.70. The van der Waals surface area contributed by atoms with Crippen LogP contribution < -0.4 is 14.4 Å². The molecule has 0 saturated heterocycles. The summed E-state index contributed by atoms with van der Waals surface area (Å²) in [6, 6.07) is 26.2. The zero-order chi connectivity index (χ0) is 15.0. The van der Waals surface area contributed by atoms with Gasteiger partial charge < -0.3 is 0 Å². The van der Waals surface area contributed by atoms with E-state index in [1.165, 1.54) is 0 Å². The van der Waals surface area contributed by atoms with Gasteiger partial charge in [0.25, 0.3) is 0 Å². The molecule has 0 N–H and O–H groups in total. The van der Waals surface area contributed by atoms with Crippen molar-refractivity contribution in [2.24, 2.45) is 0 Å². The predicted octanol–water partition coefficient (Wildman–Crippen LogP) is 4.38. The van der Waals surface area contributed by atoms with Crippen molar-refractivity contribution in [2.45, 2.75) is 0 Å². The average molecular weight is 371 g/mol. The van der Waals surface area contributed by atoms with Crippen LogP contribution in [-0.2, 0) is 0 Å². The van der Waals surface area contributed by atoms with Gasteiger partial charge in [0.1, 0.15) is 0 Å². The summed E-state index contributed by atoms with van der Waals surface area (Å²) >= 11 is 3.20. The van der Waals surface area contributed by atoms with E-state index in [0.717, 1.165) is 27.9 Å². The number of fused-ring (bicyclic) bond motifs is 3. The Labute approximate surface area is 137 Å². The SMILES string of the molecule is [Se]=P1(c2ccccc2)Oc2ccccc2-c2ccccc2O1. The van der Waals surface area contributed by atoms with Gasteiger partial charge >= 0.3 is 137 Å². The standard InChI is InChI=1S/C18H13O2PSe/c22-21(14-8-2-1-3-9-14)19-17-12-6-4-10-15(17)16-11-5-7-13-18(16)20-21/h1-13H. The monoisotopic (exact) mass is 372 g/mol. The molecule has 3 aromatic carbocycles. The summed E-state index contributed by atoms with van der Waals surface area (Å²) < 4.78 is 12.7. The molecule has 0 spiro atoms. The van der Waals surface area contributed by atoms with Gasteiger partial charge in [0.2, 0.25) is 0 Å². The second kappa shape index (κ2) is 5.44. The third kappa shape index (κ3) is 2.32. The Morgan fingerprint density at radius 1 is 0.591 bits per heavy atom. The molecule has 0 saturated carbocycles. The summed E-state index contributed by atoms with van der Waals surface area (Å²) in [5.41, 5.74) is 2.12. The Bertz CT molecular complexity index is 826. The molecule has 22 heavy (non-hydrogen) atoms. The molecular weight excluding hydrogens is 358 g/mol. The van der Waals surface area contributed by atoms with Gasteiger partial charge in [-0.15, -0.1) is 0 Å². The topological polar surface area (TPSA) is 18.5 Å². The molecule has 0 bridgehead atoms. The van der Waals surface area contributed by atoms with Crippen molar-refractivity contribution in [1.29, 1.82) is 0 Å². The van der Waals surface area contributed by atoms with Crippen molar-refractivity contribution < 1.29 is 9.05 Å². The fourth-order valence-corrected chi connectivity index (χ4v) is 5.93. The van der Waals surface area contributed by atoms with E-state index >= 15 is 0 Å². The van der Waals surface area contributed by atoms with Crippen LogP contribution in [0.25, 0.3) is 11.1 Å². The molecule has 0 fully saturated rings. The second-order valence-corrected chi connectivity index (χ2v) is 9.91. The van der Waals surface area contributed by atoms with E-state index in [4.69, 9.17) is 9.05 Å². The fourth-order valence-electron chi connectivity index (χ4n) is 2.53. The molecule has 1 aliphatic heterocycles. The van der Waals surface area contributed by atoms with E-state index in [2.05, 4.69) is 27.2 Å². The predicted molar refractivity (Wildman–Crippen MR) is 91.9 cm³/mol. The third-order valence-corrected chi connectivity index (χ3v) is 7.64. The first kappa shape index (κ1) is 13.8. The molecule has 0 aromatic heterocycles. The number of hydrogen-bond acceptors (Lipinski definition) is 2. The molecule has 4 heteroatoms. The van der Waals surface area contributed by atoms with Gasteiger partial charge in [-0.3, -0.25) is 0 Å². The summed E-state index contributed by atoms with van der Waals surface area (Å²) in [4.78, 5) is 0. The molecule has 108 valence electrons. The van der Waals surface area contributed by atoms with E-state index in [9.17, 15) is 0 Å². The fraction of sp³-hybridized carbons (Fsp3) is 0. The van der Waals surface area contributed by atoms with Gasteiger partial charge in [0, 0.05) is 0 Å². The molecule has 0 radical (unpaired) electrons. The van der Waals surface area contributed by atoms with Crippen molar-refractivity contribution in [3.63, 3.8) is 0 Å². The second-order valence-electron chi connectivity index (χ2n) is 5.01. The van der Waals surface area contributed by atoms with E-state index < -0.39 is 5.96 Å². The Balaban J connectivity index is 1.96. The van der Waals surface area contributed by atoms with Crippen LogP contribution in [0.4, 0.5) is 0 Å². The van der Waals surface area contributed by atoms with Crippen molar-refractivity contribution in [3.05, 3.63) is 78.9 Å². The van der Waals surface area contributed by atoms with Gasteiger partial charge in [-0.25, -0.2) is 0 Å². The van der Waals surface area contributed by atoms with Crippen LogP contribution in [0.15, 0.2) is 78.9 Å². The van der Waals surface area contributed by atoms with Crippen LogP contribution in [0.2, 0.25) is 0 Å². The Morgan fingerprint density at radius 2 is 1.05 bits per heavy atom. The summed E-state index contributed by atoms with van der Waals surface area (Å²) in [6.07, 6.45) is 0. The van der Waals surface area contributed by atoms with Gasteiger partial charge in [0.15, 0.2) is 0 Å². The molecule has 3 aromatic rings. The first-order chi connectivity index (χ1) is 10.8. The molecular formula is C18H13O2PSe. The van der Waals surface area contributed by atoms with Gasteiger partial charge in [-0.2, -0.15) is 0 Å². The van der Waals surface area contributed by atoms with Crippen molar-refractivity contribution in [2.75, 3.05) is 0 Å². The zero-order valence-electron chi connectivity index (χ0n) is 11.7. The third-order valence-electron chi connectivity index (χ3n) is 3.57. The molecule has 1 heterocycles. The van der Waals surface area contributed by atoms with E-state index in [0.29, 0.717) is 0 Å². The van der Waals surface area contributed by atoms with Gasteiger partial charge in [-0.1, -0.05) is 0 Å². The quantitative estimate of drug-likeness (QED) is 0.467. The van der Waals surface area contributed by atoms with Gasteiger partial charge in [-0.05, 0) is 0 Å². The molecule has 4 rings (SSSR count). The summed E-state index contributed by atoms with van der Waals surface area (Å²) in [5, 5.41) is 1.04. The number of benzene rings is 3. The van der Waals surface area contributed by atoms with Crippen LogP contribution in [0.3, 0.4) is 0 Å². The Kier molecular flexibility index (Phi) is 3.42. The van der Waals surface area contributed by atoms with Crippen LogP contribution in [-0.4, -0.2) is 15.1 Å². The van der Waals surface area contributed by atoms with Crippen LogP contribution in [0, 0.1) is 0 Å². The number of rotatable bonds is 1. The van der Waals surface area contributed by atoms with Crippen molar-refractivity contribution in [3.8, 4) is 22.6 Å². The van der Waals surface area contributed by atoms with Crippen molar-refractivity contribution >= 4 is 26.4 Å². The maximum absolute atomic E-state index is 6.35. The van der Waals surface area contributed by atoms with Crippen LogP contribution in [0.5, 0.6) is 11.5 Å².